The van der Waals surface area contributed by atoms with Crippen molar-refractivity contribution in [1.82, 2.24) is 0 Å². The van der Waals surface area contributed by atoms with Gasteiger partial charge in [0.15, 0.2) is 0 Å². The van der Waals surface area contributed by atoms with Crippen molar-refractivity contribution >= 4 is 11.8 Å². The van der Waals surface area contributed by atoms with Gasteiger partial charge < -0.3 is 23.7 Å². The van der Waals surface area contributed by atoms with Crippen molar-refractivity contribution in [3.8, 4) is 5.75 Å². The number of hydrogen-bond acceptors (Lipinski definition) is 9. The molecule has 0 N–H and O–H groups in total. The van der Waals surface area contributed by atoms with Crippen LogP contribution in [0.4, 0.5) is 10.5 Å². The zero-order chi connectivity index (χ0) is 19.7. The number of nitro groups is 1. The number of ether oxygens (including phenoxy) is 5. The minimum absolute atomic E-state index is 0.00562. The molecule has 148 valence electrons. The third-order valence-corrected chi connectivity index (χ3v) is 2.84. The highest BCUT2D eigenvalue weighted by molar-refractivity contribution is 5.63. The fraction of sp³-hybridized carbons (Fsp3) is 0.533. The number of nitro benzene ring substituents is 1. The molecule has 1 aromatic carbocycles. The summed E-state index contributed by atoms with van der Waals surface area (Å²) in [5, 5.41) is 13.8. The Balaban J connectivity index is 1.95. The molecule has 0 bridgehead atoms. The number of carbonyl (C=O) groups excluding carboxylic acids is 1. The third-order valence-electron chi connectivity index (χ3n) is 2.84. The van der Waals surface area contributed by atoms with Crippen molar-refractivity contribution in [2.75, 3.05) is 52.8 Å². The van der Waals surface area contributed by atoms with E-state index in [1.165, 1.54) is 24.3 Å². The molecule has 0 spiro atoms. The lowest BCUT2D eigenvalue weighted by atomic mass is 10.3. The van der Waals surface area contributed by atoms with Crippen LogP contribution in [0.5, 0.6) is 5.75 Å². The first-order valence-corrected chi connectivity index (χ1v) is 7.96. The molecule has 27 heavy (non-hydrogen) atoms. The molecule has 1 rings (SSSR count). The van der Waals surface area contributed by atoms with E-state index in [-0.39, 0.29) is 31.2 Å². The molecule has 12 nitrogen and oxygen atoms in total. The molecular formula is C15H20N4O8. The van der Waals surface area contributed by atoms with Crippen LogP contribution in [0, 0.1) is 10.1 Å². The second-order valence-corrected chi connectivity index (χ2v) is 4.74. The van der Waals surface area contributed by atoms with Crippen molar-refractivity contribution in [3.63, 3.8) is 0 Å². The smallest absolute Gasteiger partial charge is 0.432 e. The van der Waals surface area contributed by atoms with E-state index in [1.807, 2.05) is 0 Å². The van der Waals surface area contributed by atoms with Crippen LogP contribution in [-0.2, 0) is 18.9 Å². The van der Waals surface area contributed by atoms with Crippen LogP contribution in [-0.4, -0.2) is 63.9 Å². The monoisotopic (exact) mass is 384 g/mol. The molecule has 12 heteroatoms. The van der Waals surface area contributed by atoms with Gasteiger partial charge in [0.25, 0.3) is 5.69 Å². The van der Waals surface area contributed by atoms with Gasteiger partial charge in [0.2, 0.25) is 0 Å². The van der Waals surface area contributed by atoms with Gasteiger partial charge in [-0.05, 0) is 17.7 Å². The van der Waals surface area contributed by atoms with E-state index >= 15 is 0 Å². The highest BCUT2D eigenvalue weighted by atomic mass is 16.7. The molecule has 0 aliphatic rings. The maximum Gasteiger partial charge on any atom is 0.513 e. The van der Waals surface area contributed by atoms with Crippen LogP contribution >= 0.6 is 0 Å². The largest absolute Gasteiger partial charge is 0.513 e. The summed E-state index contributed by atoms with van der Waals surface area (Å²) in [6.07, 6.45) is -0.929. The minimum Gasteiger partial charge on any atom is -0.432 e. The summed E-state index contributed by atoms with van der Waals surface area (Å²) in [6, 6.07) is 5.04. The summed E-state index contributed by atoms with van der Waals surface area (Å²) in [7, 11) is 0. The van der Waals surface area contributed by atoms with Crippen molar-refractivity contribution in [1.29, 1.82) is 0 Å². The van der Waals surface area contributed by atoms with Crippen molar-refractivity contribution in [2.45, 2.75) is 0 Å². The molecule has 0 amide bonds. The quantitative estimate of drug-likeness (QED) is 0.0692. The molecule has 0 aliphatic carbocycles. The fourth-order valence-corrected chi connectivity index (χ4v) is 1.64. The first kappa shape index (κ1) is 22.1. The molecule has 1 aromatic rings. The van der Waals surface area contributed by atoms with Gasteiger partial charge in [-0.3, -0.25) is 10.1 Å². The standard InChI is InChI=1S/C15H20N4O8/c16-18-17-5-6-23-7-8-24-9-10-25-11-12-26-15(20)27-14-3-1-13(2-4-14)19(21)22/h1-4H,5-12H2. The Labute approximate surface area is 154 Å². The lowest BCUT2D eigenvalue weighted by molar-refractivity contribution is -0.384. The summed E-state index contributed by atoms with van der Waals surface area (Å²) in [5.74, 6) is 0.140. The van der Waals surface area contributed by atoms with E-state index in [1.54, 1.807) is 0 Å². The Morgan fingerprint density at radius 1 is 1.00 bits per heavy atom. The van der Waals surface area contributed by atoms with E-state index in [4.69, 9.17) is 29.2 Å². The lowest BCUT2D eigenvalue weighted by Crippen LogP contribution is -2.16. The van der Waals surface area contributed by atoms with Crippen LogP contribution in [0.2, 0.25) is 0 Å². The molecule has 0 aromatic heterocycles. The number of azide groups is 1. The highest BCUT2D eigenvalue weighted by Crippen LogP contribution is 2.17. The van der Waals surface area contributed by atoms with Gasteiger partial charge >= 0.3 is 6.16 Å². The maximum atomic E-state index is 11.4. The van der Waals surface area contributed by atoms with Gasteiger partial charge in [0.1, 0.15) is 12.4 Å². The Hall–Kier alpha value is -2.92. The first-order chi connectivity index (χ1) is 13.1. The molecule has 0 radical (unpaired) electrons. The second-order valence-electron chi connectivity index (χ2n) is 4.74. The van der Waals surface area contributed by atoms with Gasteiger partial charge in [-0.25, -0.2) is 4.79 Å². The predicted molar refractivity (Wildman–Crippen MR) is 91.5 cm³/mol. The zero-order valence-electron chi connectivity index (χ0n) is 14.5. The number of non-ortho nitro benzene ring substituents is 1. The van der Waals surface area contributed by atoms with E-state index in [2.05, 4.69) is 10.0 Å². The van der Waals surface area contributed by atoms with Crippen molar-refractivity contribution in [2.24, 2.45) is 5.11 Å². The van der Waals surface area contributed by atoms with E-state index in [9.17, 15) is 14.9 Å². The molecular weight excluding hydrogens is 364 g/mol. The first-order valence-electron chi connectivity index (χ1n) is 7.96. The average Bonchev–Trinajstić information content (AvgIpc) is 2.66. The van der Waals surface area contributed by atoms with Gasteiger partial charge in [-0.15, -0.1) is 0 Å². The number of benzene rings is 1. The van der Waals surface area contributed by atoms with E-state index < -0.39 is 11.1 Å². The lowest BCUT2D eigenvalue weighted by Gasteiger charge is -2.07. The Morgan fingerprint density at radius 2 is 1.56 bits per heavy atom. The molecule has 0 unspecified atom stereocenters. The summed E-state index contributed by atoms with van der Waals surface area (Å²) >= 11 is 0. The SMILES string of the molecule is [N-]=[N+]=NCCOCCOCCOCCOC(=O)Oc1ccc([N+](=O)[O-])cc1. The molecule has 0 atom stereocenters. The topological polar surface area (TPSA) is 155 Å². The molecule has 0 saturated heterocycles. The van der Waals surface area contributed by atoms with Crippen molar-refractivity contribution in [3.05, 3.63) is 44.8 Å². The number of hydrogen-bond donors (Lipinski definition) is 0. The molecule has 0 fully saturated rings. The summed E-state index contributed by atoms with van der Waals surface area (Å²) in [5.41, 5.74) is 7.95. The minimum atomic E-state index is -0.929. The highest BCUT2D eigenvalue weighted by Gasteiger charge is 2.09. The van der Waals surface area contributed by atoms with Gasteiger partial charge in [0.05, 0.1) is 44.6 Å². The molecule has 0 aliphatic heterocycles. The normalized spacial score (nSPS) is 10.1. The summed E-state index contributed by atoms with van der Waals surface area (Å²) < 4.78 is 25.2. The third kappa shape index (κ3) is 11.3. The van der Waals surface area contributed by atoms with Crippen LogP contribution in [0.15, 0.2) is 29.4 Å². The summed E-state index contributed by atoms with van der Waals surface area (Å²) in [4.78, 5) is 24.0. The second kappa shape index (κ2) is 14.3. The fourth-order valence-electron chi connectivity index (χ4n) is 1.64. The van der Waals surface area contributed by atoms with Crippen LogP contribution in [0.3, 0.4) is 0 Å². The Bertz CT molecular complexity index is 619. The van der Waals surface area contributed by atoms with Crippen molar-refractivity contribution < 1.29 is 33.4 Å². The van der Waals surface area contributed by atoms with Crippen LogP contribution < -0.4 is 4.74 Å². The molecule has 0 heterocycles. The van der Waals surface area contributed by atoms with Gasteiger partial charge in [-0.1, -0.05) is 5.11 Å². The Kier molecular flexibility index (Phi) is 11.7. The number of rotatable bonds is 14. The number of nitrogens with zero attached hydrogens (tertiary/aromatic N) is 4. The van der Waals surface area contributed by atoms with Crippen LogP contribution in [0.1, 0.15) is 0 Å². The average molecular weight is 384 g/mol. The van der Waals surface area contributed by atoms with Crippen LogP contribution in [0.25, 0.3) is 10.4 Å². The van der Waals surface area contributed by atoms with E-state index in [0.717, 1.165) is 0 Å². The van der Waals surface area contributed by atoms with E-state index in [0.29, 0.717) is 33.0 Å². The zero-order valence-corrected chi connectivity index (χ0v) is 14.5. The summed E-state index contributed by atoms with van der Waals surface area (Å²) in [6.45, 7) is 2.24. The van der Waals surface area contributed by atoms with Gasteiger partial charge in [-0.2, -0.15) is 0 Å². The Morgan fingerprint density at radius 3 is 2.11 bits per heavy atom. The number of carbonyl (C=O) groups is 1. The van der Waals surface area contributed by atoms with Gasteiger partial charge in [0, 0.05) is 23.6 Å². The molecule has 0 saturated carbocycles. The predicted octanol–water partition coefficient (Wildman–Crippen LogP) is 2.47. The maximum absolute atomic E-state index is 11.4.